The molecule has 10 heteroatoms. The summed E-state index contributed by atoms with van der Waals surface area (Å²) in [5, 5.41) is 10.4. The van der Waals surface area contributed by atoms with Gasteiger partial charge in [-0.2, -0.15) is 0 Å². The lowest BCUT2D eigenvalue weighted by Crippen LogP contribution is -2.19. The third-order valence-electron chi connectivity index (χ3n) is 1.68. The lowest BCUT2D eigenvalue weighted by Gasteiger charge is -2.26. The van der Waals surface area contributed by atoms with Gasteiger partial charge in [0.2, 0.25) is 0 Å². The first kappa shape index (κ1) is 12.1. The minimum Gasteiger partial charge on any atom is -0.397 e. The Morgan fingerprint density at radius 2 is 1.88 bits per heavy atom. The van der Waals surface area contributed by atoms with E-state index in [0.29, 0.717) is 32.4 Å². The SMILES string of the molecule is O=[N+]([O-])c1ccc(ON2PNPNP2)cc1. The minimum atomic E-state index is -0.432. The van der Waals surface area contributed by atoms with Crippen molar-refractivity contribution >= 4 is 32.3 Å². The number of nitrogens with zero attached hydrogens (tertiary/aromatic N) is 2. The highest BCUT2D eigenvalue weighted by Gasteiger charge is 2.12. The maximum absolute atomic E-state index is 10.4. The molecule has 2 unspecified atom stereocenters. The Balaban J connectivity index is 1.96. The number of nitro benzene ring substituents is 1. The van der Waals surface area contributed by atoms with E-state index in [1.807, 2.05) is 0 Å². The van der Waals surface area contributed by atoms with Crippen LogP contribution in [0.15, 0.2) is 24.3 Å². The molecule has 86 valence electrons. The first-order valence-electron chi connectivity index (χ1n) is 4.24. The van der Waals surface area contributed by atoms with Crippen LogP contribution in [0.2, 0.25) is 0 Å². The number of nitro groups is 1. The van der Waals surface area contributed by atoms with Crippen LogP contribution in [-0.4, -0.2) is 9.53 Å². The zero-order valence-electron chi connectivity index (χ0n) is 7.93. The van der Waals surface area contributed by atoms with Gasteiger partial charge in [-0.1, -0.05) is 4.60 Å². The van der Waals surface area contributed by atoms with Crippen LogP contribution in [0.25, 0.3) is 0 Å². The summed E-state index contributed by atoms with van der Waals surface area (Å²) in [5.74, 6) is 0.597. The normalized spacial score (nSPS) is 21.5. The molecule has 2 N–H and O–H groups in total. The second-order valence-electron chi connectivity index (χ2n) is 2.74. The van der Waals surface area contributed by atoms with Crippen LogP contribution in [0.5, 0.6) is 5.75 Å². The highest BCUT2D eigenvalue weighted by atomic mass is 31.2. The summed E-state index contributed by atoms with van der Waals surface area (Å²) >= 11 is 0. The van der Waals surface area contributed by atoms with Crippen molar-refractivity contribution in [2.75, 3.05) is 0 Å². The van der Waals surface area contributed by atoms with Gasteiger partial charge in [-0.3, -0.25) is 19.8 Å². The molecule has 1 aromatic rings. The van der Waals surface area contributed by atoms with Crippen LogP contribution in [0, 0.1) is 10.1 Å². The summed E-state index contributed by atoms with van der Waals surface area (Å²) in [6.45, 7) is 0. The van der Waals surface area contributed by atoms with Gasteiger partial charge < -0.3 is 4.84 Å². The fourth-order valence-corrected chi connectivity index (χ4v) is 4.60. The van der Waals surface area contributed by atoms with E-state index >= 15 is 0 Å². The number of hydrogen-bond acceptors (Lipinski definition) is 6. The molecule has 0 aliphatic carbocycles. The molecule has 1 fully saturated rings. The van der Waals surface area contributed by atoms with Gasteiger partial charge in [0.15, 0.2) is 0 Å². The fourth-order valence-electron chi connectivity index (χ4n) is 0.996. The van der Waals surface area contributed by atoms with Crippen LogP contribution < -0.4 is 14.6 Å². The maximum atomic E-state index is 10.4. The molecule has 2 atom stereocenters. The molecule has 0 amide bonds. The minimum absolute atomic E-state index is 0.0635. The molecule has 0 radical (unpaired) electrons. The first-order chi connectivity index (χ1) is 7.75. The Labute approximate surface area is 97.1 Å². The van der Waals surface area contributed by atoms with Gasteiger partial charge in [0.05, 0.1) is 22.7 Å². The third-order valence-corrected chi connectivity index (χ3v) is 4.84. The van der Waals surface area contributed by atoms with Gasteiger partial charge in [0.25, 0.3) is 5.69 Å². The maximum Gasteiger partial charge on any atom is 0.269 e. The van der Waals surface area contributed by atoms with Gasteiger partial charge in [-0.25, -0.2) is 0 Å². The highest BCUT2D eigenvalue weighted by molar-refractivity contribution is 7.65. The van der Waals surface area contributed by atoms with Crippen molar-refractivity contribution in [3.8, 4) is 5.75 Å². The van der Waals surface area contributed by atoms with Crippen molar-refractivity contribution < 1.29 is 9.76 Å². The van der Waals surface area contributed by atoms with Crippen LogP contribution in [0.3, 0.4) is 0 Å². The standard InChI is InChI=1S/C6H9N4O3P3/c11-9(12)5-1-3-6(4-2-5)13-10-15-7-14-8-16-10/h1-4,7-8,14-16H. The molecule has 0 bridgehead atoms. The molecule has 0 aromatic heterocycles. The average Bonchev–Trinajstić information content (AvgIpc) is 2.31. The van der Waals surface area contributed by atoms with Gasteiger partial charge in [0, 0.05) is 21.0 Å². The first-order valence-corrected chi connectivity index (χ1v) is 7.14. The molecule has 1 aromatic carbocycles. The zero-order valence-corrected chi connectivity index (χ0v) is 10.9. The number of rotatable bonds is 3. The Kier molecular flexibility index (Phi) is 4.36. The fraction of sp³-hybridized carbons (Fsp3) is 0. The number of nitrogens with one attached hydrogen (secondary N) is 2. The van der Waals surface area contributed by atoms with Gasteiger partial charge in [-0.05, 0) is 12.1 Å². The van der Waals surface area contributed by atoms with Crippen molar-refractivity contribution in [1.29, 1.82) is 0 Å². The van der Waals surface area contributed by atoms with Gasteiger partial charge in [0.1, 0.15) is 5.75 Å². The summed E-state index contributed by atoms with van der Waals surface area (Å²) in [4.78, 5) is 21.8. The second kappa shape index (κ2) is 5.78. The largest absolute Gasteiger partial charge is 0.397 e. The molecule has 16 heavy (non-hydrogen) atoms. The smallest absolute Gasteiger partial charge is 0.269 e. The number of non-ortho nitro benzene ring substituents is 1. The van der Waals surface area contributed by atoms with Crippen LogP contribution in [0.1, 0.15) is 0 Å². The van der Waals surface area contributed by atoms with E-state index in [2.05, 4.69) is 9.72 Å². The summed E-state index contributed by atoms with van der Waals surface area (Å²) in [5.41, 5.74) is 0.0635. The molecule has 1 aliphatic rings. The van der Waals surface area contributed by atoms with E-state index in [1.165, 1.54) is 12.1 Å². The quantitative estimate of drug-likeness (QED) is 0.499. The molecule has 2 rings (SSSR count). The average molecular weight is 278 g/mol. The Morgan fingerprint density at radius 1 is 1.25 bits per heavy atom. The Hall–Kier alpha value is -0.410. The van der Waals surface area contributed by atoms with E-state index in [-0.39, 0.29) is 5.69 Å². The van der Waals surface area contributed by atoms with E-state index < -0.39 is 4.92 Å². The van der Waals surface area contributed by atoms with Crippen molar-refractivity contribution in [2.45, 2.75) is 0 Å². The van der Waals surface area contributed by atoms with Crippen molar-refractivity contribution in [1.82, 2.24) is 14.3 Å². The molecular weight excluding hydrogens is 269 g/mol. The van der Waals surface area contributed by atoms with Gasteiger partial charge >= 0.3 is 0 Å². The summed E-state index contributed by atoms with van der Waals surface area (Å²) in [7, 11) is 1.36. The second-order valence-corrected chi connectivity index (χ2v) is 6.69. The van der Waals surface area contributed by atoms with E-state index in [0.717, 1.165) is 0 Å². The van der Waals surface area contributed by atoms with Crippen molar-refractivity contribution in [3.63, 3.8) is 0 Å². The Morgan fingerprint density at radius 3 is 2.44 bits per heavy atom. The molecular formula is C6H9N4O3P3. The molecule has 0 spiro atoms. The summed E-state index contributed by atoms with van der Waals surface area (Å²) < 4.78 is 1.75. The molecule has 1 aliphatic heterocycles. The molecule has 7 nitrogen and oxygen atoms in total. The molecule has 1 saturated heterocycles. The monoisotopic (exact) mass is 278 g/mol. The van der Waals surface area contributed by atoms with Crippen LogP contribution in [-0.2, 0) is 0 Å². The molecule has 1 heterocycles. The van der Waals surface area contributed by atoms with Crippen LogP contribution >= 0.6 is 26.6 Å². The zero-order chi connectivity index (χ0) is 11.4. The number of hydrogen-bond donors (Lipinski definition) is 2. The topological polar surface area (TPSA) is 79.7 Å². The van der Waals surface area contributed by atoms with E-state index in [1.54, 1.807) is 16.7 Å². The summed E-state index contributed by atoms with van der Waals surface area (Å²) in [6.07, 6.45) is 0. The lowest BCUT2D eigenvalue weighted by molar-refractivity contribution is -0.384. The summed E-state index contributed by atoms with van der Waals surface area (Å²) in [6, 6.07) is 6.02. The van der Waals surface area contributed by atoms with E-state index in [9.17, 15) is 10.1 Å². The predicted octanol–water partition coefficient (Wildman–Crippen LogP) is 1.91. The van der Waals surface area contributed by atoms with Gasteiger partial charge in [-0.15, -0.1) is 0 Å². The lowest BCUT2D eigenvalue weighted by atomic mass is 10.3. The predicted molar refractivity (Wildman–Crippen MR) is 66.8 cm³/mol. The molecule has 0 saturated carbocycles. The van der Waals surface area contributed by atoms with Crippen molar-refractivity contribution in [2.24, 2.45) is 0 Å². The van der Waals surface area contributed by atoms with Crippen molar-refractivity contribution in [3.05, 3.63) is 34.4 Å². The third kappa shape index (κ3) is 3.29. The highest BCUT2D eigenvalue weighted by Crippen LogP contribution is 2.38. The number of benzene rings is 1. The van der Waals surface area contributed by atoms with E-state index in [4.69, 9.17) is 4.84 Å². The Bertz CT molecular complexity index is 370. The van der Waals surface area contributed by atoms with Crippen LogP contribution in [0.4, 0.5) is 5.69 Å².